The summed E-state index contributed by atoms with van der Waals surface area (Å²) in [6.45, 7) is 4.12. The molecule has 0 amide bonds. The Balaban J connectivity index is 2.41. The smallest absolute Gasteiger partial charge is 0.130 e. The van der Waals surface area contributed by atoms with Crippen LogP contribution in [0.2, 0.25) is 0 Å². The molecule has 3 heteroatoms. The van der Waals surface area contributed by atoms with E-state index in [0.717, 1.165) is 17.7 Å². The molecule has 0 heterocycles. The van der Waals surface area contributed by atoms with Crippen molar-refractivity contribution >= 4 is 5.78 Å². The highest BCUT2D eigenvalue weighted by atomic mass is 16.5. The van der Waals surface area contributed by atoms with E-state index in [4.69, 9.17) is 9.47 Å². The van der Waals surface area contributed by atoms with Gasteiger partial charge in [0.1, 0.15) is 18.1 Å². The lowest BCUT2D eigenvalue weighted by Gasteiger charge is -2.11. The van der Waals surface area contributed by atoms with Gasteiger partial charge in [-0.25, -0.2) is 0 Å². The number of rotatable bonds is 7. The lowest BCUT2D eigenvalue weighted by Crippen LogP contribution is -2.15. The molecule has 3 nitrogen and oxygen atoms in total. The molecule has 0 N–H and O–H groups in total. The van der Waals surface area contributed by atoms with Gasteiger partial charge in [-0.05, 0) is 38.0 Å². The van der Waals surface area contributed by atoms with Crippen molar-refractivity contribution < 1.29 is 14.3 Å². The second-order valence-electron chi connectivity index (χ2n) is 4.20. The molecule has 0 fully saturated rings. The fraction of sp³-hybridized carbons (Fsp3) is 0.500. The van der Waals surface area contributed by atoms with Gasteiger partial charge < -0.3 is 14.3 Å². The van der Waals surface area contributed by atoms with Crippen LogP contribution >= 0.6 is 0 Å². The molecule has 0 saturated carbocycles. The van der Waals surface area contributed by atoms with Gasteiger partial charge in [-0.3, -0.25) is 0 Å². The number of benzene rings is 1. The first-order valence-corrected chi connectivity index (χ1v) is 5.85. The fourth-order valence-corrected chi connectivity index (χ4v) is 1.35. The summed E-state index contributed by atoms with van der Waals surface area (Å²) in [5.74, 6) is 1.06. The summed E-state index contributed by atoms with van der Waals surface area (Å²) < 4.78 is 10.6. The maximum Gasteiger partial charge on any atom is 0.130 e. The van der Waals surface area contributed by atoms with Crippen molar-refractivity contribution in [1.82, 2.24) is 0 Å². The largest absolute Gasteiger partial charge is 0.491 e. The van der Waals surface area contributed by atoms with Gasteiger partial charge in [-0.2, -0.15) is 0 Å². The number of ether oxygens (including phenoxy) is 2. The van der Waals surface area contributed by atoms with E-state index >= 15 is 0 Å². The number of carbonyl (C=O) groups excluding carboxylic acids is 1. The van der Waals surface area contributed by atoms with Crippen molar-refractivity contribution in [3.63, 3.8) is 0 Å². The van der Waals surface area contributed by atoms with Crippen molar-refractivity contribution in [3.8, 4) is 5.75 Å². The molecule has 17 heavy (non-hydrogen) atoms. The van der Waals surface area contributed by atoms with E-state index in [9.17, 15) is 4.79 Å². The summed E-state index contributed by atoms with van der Waals surface area (Å²) in [6.07, 6.45) is 1.48. The number of methoxy groups -OCH3 is 1. The molecule has 0 saturated heterocycles. The summed E-state index contributed by atoms with van der Waals surface area (Å²) in [4.78, 5) is 10.9. The Kier molecular flexibility index (Phi) is 5.70. The van der Waals surface area contributed by atoms with Crippen LogP contribution in [0.4, 0.5) is 0 Å². The molecule has 0 aliphatic heterocycles. The average Bonchev–Trinajstić information content (AvgIpc) is 2.34. The van der Waals surface area contributed by atoms with E-state index in [2.05, 4.69) is 0 Å². The monoisotopic (exact) mass is 236 g/mol. The minimum Gasteiger partial charge on any atom is -0.491 e. The third-order valence-electron chi connectivity index (χ3n) is 2.58. The van der Waals surface area contributed by atoms with Crippen LogP contribution in [0.3, 0.4) is 0 Å². The highest BCUT2D eigenvalue weighted by Crippen LogP contribution is 2.14. The predicted octanol–water partition coefficient (Wildman–Crippen LogP) is 2.62. The van der Waals surface area contributed by atoms with Crippen LogP contribution in [-0.2, 0) is 16.0 Å². The molecule has 0 bridgehead atoms. The van der Waals surface area contributed by atoms with E-state index in [1.807, 2.05) is 31.2 Å². The lowest BCUT2D eigenvalue weighted by molar-refractivity contribution is -0.116. The zero-order chi connectivity index (χ0) is 12.7. The maximum absolute atomic E-state index is 10.9. The molecule has 1 rings (SSSR count). The summed E-state index contributed by atoms with van der Waals surface area (Å²) in [5.41, 5.74) is 1.16. The maximum atomic E-state index is 10.9. The summed E-state index contributed by atoms with van der Waals surface area (Å²) >= 11 is 0. The van der Waals surface area contributed by atoms with E-state index in [-0.39, 0.29) is 11.9 Å². The first-order valence-electron chi connectivity index (χ1n) is 5.85. The van der Waals surface area contributed by atoms with Crippen LogP contribution in [-0.4, -0.2) is 25.6 Å². The number of aryl methyl sites for hydroxylation is 1. The van der Waals surface area contributed by atoms with Crippen molar-refractivity contribution in [3.05, 3.63) is 29.8 Å². The average molecular weight is 236 g/mol. The van der Waals surface area contributed by atoms with Gasteiger partial charge in [-0.15, -0.1) is 0 Å². The van der Waals surface area contributed by atoms with Crippen LogP contribution in [0.1, 0.15) is 25.8 Å². The molecule has 0 aromatic heterocycles. The first-order chi connectivity index (χ1) is 8.11. The minimum absolute atomic E-state index is 0.0902. The van der Waals surface area contributed by atoms with Crippen molar-refractivity contribution in [1.29, 1.82) is 0 Å². The Morgan fingerprint density at radius 1 is 1.29 bits per heavy atom. The van der Waals surface area contributed by atoms with Gasteiger partial charge in [0.25, 0.3) is 0 Å². The zero-order valence-electron chi connectivity index (χ0n) is 10.7. The fourth-order valence-electron chi connectivity index (χ4n) is 1.35. The molecule has 0 aliphatic carbocycles. The molecular weight excluding hydrogens is 216 g/mol. The van der Waals surface area contributed by atoms with Crippen LogP contribution in [0.25, 0.3) is 0 Å². The Morgan fingerprint density at radius 3 is 2.47 bits per heavy atom. The van der Waals surface area contributed by atoms with Crippen LogP contribution in [0.15, 0.2) is 24.3 Å². The van der Waals surface area contributed by atoms with Gasteiger partial charge in [0.05, 0.1) is 6.10 Å². The molecule has 0 aliphatic rings. The third-order valence-corrected chi connectivity index (χ3v) is 2.58. The van der Waals surface area contributed by atoms with E-state index in [1.165, 1.54) is 0 Å². The Labute approximate surface area is 103 Å². The highest BCUT2D eigenvalue weighted by molar-refractivity contribution is 5.75. The SMILES string of the molecule is COC(C)COc1ccc(CCC(C)=O)cc1. The quantitative estimate of drug-likeness (QED) is 0.730. The number of ketones is 1. The van der Waals surface area contributed by atoms with E-state index < -0.39 is 0 Å². The minimum atomic E-state index is 0.0902. The van der Waals surface area contributed by atoms with Crippen molar-refractivity contribution in [2.45, 2.75) is 32.8 Å². The molecule has 0 radical (unpaired) electrons. The molecule has 1 aromatic carbocycles. The summed E-state index contributed by atoms with van der Waals surface area (Å²) in [5, 5.41) is 0. The highest BCUT2D eigenvalue weighted by Gasteiger charge is 2.01. The first kappa shape index (κ1) is 13.7. The predicted molar refractivity (Wildman–Crippen MR) is 67.4 cm³/mol. The molecule has 1 unspecified atom stereocenters. The van der Waals surface area contributed by atoms with E-state index in [1.54, 1.807) is 14.0 Å². The van der Waals surface area contributed by atoms with Crippen LogP contribution < -0.4 is 4.74 Å². The van der Waals surface area contributed by atoms with Crippen LogP contribution in [0, 0.1) is 0 Å². The second-order valence-corrected chi connectivity index (χ2v) is 4.20. The van der Waals surface area contributed by atoms with Crippen LogP contribution in [0.5, 0.6) is 5.75 Å². The second kappa shape index (κ2) is 7.07. The number of carbonyl (C=O) groups is 1. The number of hydrogen-bond donors (Lipinski definition) is 0. The molecule has 1 atom stereocenters. The molecule has 0 spiro atoms. The van der Waals surface area contributed by atoms with Crippen molar-refractivity contribution in [2.75, 3.05) is 13.7 Å². The summed E-state index contributed by atoms with van der Waals surface area (Å²) in [7, 11) is 1.67. The topological polar surface area (TPSA) is 35.5 Å². The van der Waals surface area contributed by atoms with Gasteiger partial charge >= 0.3 is 0 Å². The number of Topliss-reactive ketones (excluding diaryl/α,β-unsaturated/α-hetero) is 1. The van der Waals surface area contributed by atoms with Gasteiger partial charge in [0.2, 0.25) is 0 Å². The van der Waals surface area contributed by atoms with Gasteiger partial charge in [0.15, 0.2) is 0 Å². The Morgan fingerprint density at radius 2 is 1.94 bits per heavy atom. The van der Waals surface area contributed by atoms with Gasteiger partial charge in [0, 0.05) is 13.5 Å². The number of hydrogen-bond acceptors (Lipinski definition) is 3. The van der Waals surface area contributed by atoms with Crippen molar-refractivity contribution in [2.24, 2.45) is 0 Å². The summed E-state index contributed by atoms with van der Waals surface area (Å²) in [6, 6.07) is 7.85. The van der Waals surface area contributed by atoms with E-state index in [0.29, 0.717) is 13.0 Å². The normalized spacial score (nSPS) is 12.2. The lowest BCUT2D eigenvalue weighted by atomic mass is 10.1. The molecule has 1 aromatic rings. The standard InChI is InChI=1S/C14H20O3/c1-11(15)4-5-13-6-8-14(9-7-13)17-10-12(2)16-3/h6-9,12H,4-5,10H2,1-3H3. The van der Waals surface area contributed by atoms with Gasteiger partial charge in [-0.1, -0.05) is 12.1 Å². The third kappa shape index (κ3) is 5.50. The Hall–Kier alpha value is -1.35. The molecule has 94 valence electrons. The Bertz CT molecular complexity index is 343. The zero-order valence-corrected chi connectivity index (χ0v) is 10.7. The molecular formula is C14H20O3.